The number of nitrogens with zero attached hydrogens (tertiary/aromatic N) is 3. The van der Waals surface area contributed by atoms with Crippen molar-refractivity contribution in [2.24, 2.45) is 0 Å². The van der Waals surface area contributed by atoms with Crippen molar-refractivity contribution in [1.82, 2.24) is 0 Å². The molecule has 0 atom stereocenters. The Morgan fingerprint density at radius 3 is 1.23 bits per heavy atom. The summed E-state index contributed by atoms with van der Waals surface area (Å²) in [5.74, 6) is 0. The molecule has 0 aliphatic carbocycles. The minimum Gasteiger partial charge on any atom is -0.311 e. The van der Waals surface area contributed by atoms with Crippen molar-refractivity contribution in [3.63, 3.8) is 0 Å². The molecule has 69 heavy (non-hydrogen) atoms. The van der Waals surface area contributed by atoms with E-state index in [1.54, 1.807) is 0 Å². The molecule has 0 N–H and O–H groups in total. The molecule has 0 radical (unpaired) electrons. The van der Waals surface area contributed by atoms with E-state index in [0.29, 0.717) is 0 Å². The van der Waals surface area contributed by atoms with Crippen molar-refractivity contribution in [3.8, 4) is 33.4 Å². The van der Waals surface area contributed by atoms with E-state index in [0.717, 1.165) is 34.1 Å². The highest BCUT2D eigenvalue weighted by atomic mass is 15.2. The van der Waals surface area contributed by atoms with Gasteiger partial charge in [-0.1, -0.05) is 179 Å². The lowest BCUT2D eigenvalue weighted by Crippen LogP contribution is -2.61. The van der Waals surface area contributed by atoms with Crippen LogP contribution >= 0.6 is 0 Å². The summed E-state index contributed by atoms with van der Waals surface area (Å²) in [6, 6.07) is 83.6. The molecule has 10 aromatic rings. The van der Waals surface area contributed by atoms with Crippen molar-refractivity contribution in [2.45, 2.75) is 34.6 Å². The highest BCUT2D eigenvalue weighted by Gasteiger charge is 2.44. The Bertz CT molecular complexity index is 3450. The molecule has 2 aliphatic heterocycles. The van der Waals surface area contributed by atoms with Crippen molar-refractivity contribution in [3.05, 3.63) is 252 Å². The predicted molar refractivity (Wildman–Crippen MR) is 295 cm³/mol. The number of hydrogen-bond acceptors (Lipinski definition) is 3. The molecule has 2 aliphatic rings. The SMILES string of the molecule is Cc1ccc(-c2cc(C)ccc2N2c3ccc(C)cc3B3c4cc(C)ccc4N(c4ccc(C)cc4)c4cc(N(c5ccc(-c6ccccc6)cc5)c5ccc(-c6ccccc6)cc5)cc2c43)cc1. The summed E-state index contributed by atoms with van der Waals surface area (Å²) in [6.45, 7) is 11.0. The Hall–Kier alpha value is -8.34. The molecule has 3 nitrogen and oxygen atoms in total. The van der Waals surface area contributed by atoms with Gasteiger partial charge in [0.15, 0.2) is 0 Å². The summed E-state index contributed by atoms with van der Waals surface area (Å²) in [5.41, 5.74) is 27.5. The lowest BCUT2D eigenvalue weighted by atomic mass is 9.33. The fourth-order valence-electron chi connectivity index (χ4n) is 10.7. The minimum absolute atomic E-state index is 0.0103. The van der Waals surface area contributed by atoms with Gasteiger partial charge in [0.25, 0.3) is 6.71 Å². The fraction of sp³-hybridized carbons (Fsp3) is 0.0769. The summed E-state index contributed by atoms with van der Waals surface area (Å²) < 4.78 is 0. The van der Waals surface area contributed by atoms with Crippen molar-refractivity contribution in [1.29, 1.82) is 0 Å². The van der Waals surface area contributed by atoms with Gasteiger partial charge in [0, 0.05) is 45.4 Å². The summed E-state index contributed by atoms with van der Waals surface area (Å²) in [5, 5.41) is 0. The van der Waals surface area contributed by atoms with E-state index in [9.17, 15) is 0 Å². The van der Waals surface area contributed by atoms with Crippen LogP contribution in [-0.2, 0) is 0 Å². The summed E-state index contributed by atoms with van der Waals surface area (Å²) >= 11 is 0. The summed E-state index contributed by atoms with van der Waals surface area (Å²) in [7, 11) is 0. The van der Waals surface area contributed by atoms with Gasteiger partial charge in [0.1, 0.15) is 0 Å². The summed E-state index contributed by atoms with van der Waals surface area (Å²) in [4.78, 5) is 7.55. The Morgan fingerprint density at radius 1 is 0.304 bits per heavy atom. The van der Waals surface area contributed by atoms with Crippen molar-refractivity contribution < 1.29 is 0 Å². The van der Waals surface area contributed by atoms with Gasteiger partial charge in [-0.25, -0.2) is 0 Å². The van der Waals surface area contributed by atoms with E-state index >= 15 is 0 Å². The van der Waals surface area contributed by atoms with E-state index < -0.39 is 0 Å². The average molecular weight is 886 g/mol. The standard InChI is InChI=1S/C65H52BN3/c1-43-16-23-52(24-17-43)57-38-45(3)20-35-60(57)69-62-37-22-47(5)40-59(62)66-58-39-46(4)21-36-61(58)68(55-29-18-44(2)19-30-55)63-41-56(42-64(69)65(63)66)67(53-31-25-50(26-32-53)48-12-8-6-9-13-48)54-33-27-51(28-34-54)49-14-10-7-11-15-49/h6-42H,1-5H3. The largest absolute Gasteiger partial charge is 0.311 e. The van der Waals surface area contributed by atoms with E-state index in [2.05, 4.69) is 274 Å². The van der Waals surface area contributed by atoms with Crippen LogP contribution in [0.15, 0.2) is 224 Å². The van der Waals surface area contributed by atoms with Gasteiger partial charge >= 0.3 is 0 Å². The van der Waals surface area contributed by atoms with Gasteiger partial charge in [-0.2, -0.15) is 0 Å². The van der Waals surface area contributed by atoms with Gasteiger partial charge in [0.2, 0.25) is 0 Å². The molecule has 4 heteroatoms. The third kappa shape index (κ3) is 7.50. The van der Waals surface area contributed by atoms with E-state index in [1.165, 1.54) is 94.6 Å². The van der Waals surface area contributed by atoms with Crippen LogP contribution in [0.5, 0.6) is 0 Å². The second-order valence-corrected chi connectivity index (χ2v) is 19.0. The zero-order chi connectivity index (χ0) is 46.8. The molecule has 0 spiro atoms. The van der Waals surface area contributed by atoms with Crippen LogP contribution in [-0.4, -0.2) is 6.71 Å². The van der Waals surface area contributed by atoms with E-state index in [1.807, 2.05) is 0 Å². The predicted octanol–water partition coefficient (Wildman–Crippen LogP) is 15.8. The molecule has 2 heterocycles. The summed E-state index contributed by atoms with van der Waals surface area (Å²) in [6.07, 6.45) is 0. The molecule has 12 rings (SSSR count). The first-order valence-corrected chi connectivity index (χ1v) is 24.1. The number of fused-ring (bicyclic) bond motifs is 4. The minimum atomic E-state index is -0.0103. The molecular formula is C65H52BN3. The second-order valence-electron chi connectivity index (χ2n) is 19.0. The van der Waals surface area contributed by atoms with Crippen LogP contribution in [0, 0.1) is 34.6 Å². The van der Waals surface area contributed by atoms with Crippen molar-refractivity contribution in [2.75, 3.05) is 14.7 Å². The number of anilines is 9. The molecule has 0 fully saturated rings. The normalized spacial score (nSPS) is 12.3. The maximum absolute atomic E-state index is 2.57. The highest BCUT2D eigenvalue weighted by molar-refractivity contribution is 7.00. The van der Waals surface area contributed by atoms with E-state index in [4.69, 9.17) is 0 Å². The fourth-order valence-corrected chi connectivity index (χ4v) is 10.7. The highest BCUT2D eigenvalue weighted by Crippen LogP contribution is 2.50. The first-order valence-electron chi connectivity index (χ1n) is 24.1. The Balaban J connectivity index is 1.17. The van der Waals surface area contributed by atoms with Gasteiger partial charge in [-0.05, 0) is 152 Å². The lowest BCUT2D eigenvalue weighted by molar-refractivity contribution is 1.22. The molecule has 0 bridgehead atoms. The van der Waals surface area contributed by atoms with Crippen LogP contribution < -0.4 is 31.1 Å². The Kier molecular flexibility index (Phi) is 10.4. The topological polar surface area (TPSA) is 9.72 Å². The maximum atomic E-state index is 2.57. The number of benzene rings is 10. The number of aryl methyl sites for hydroxylation is 5. The van der Waals surface area contributed by atoms with Gasteiger partial charge in [0.05, 0.1) is 11.4 Å². The third-order valence-electron chi connectivity index (χ3n) is 14.1. The monoisotopic (exact) mass is 885 g/mol. The van der Waals surface area contributed by atoms with Crippen LogP contribution in [0.3, 0.4) is 0 Å². The smallest absolute Gasteiger partial charge is 0.252 e. The maximum Gasteiger partial charge on any atom is 0.252 e. The first-order chi connectivity index (χ1) is 33.8. The van der Waals surface area contributed by atoms with Gasteiger partial charge in [-0.3, -0.25) is 0 Å². The molecule has 0 saturated carbocycles. The van der Waals surface area contributed by atoms with Crippen LogP contribution in [0.4, 0.5) is 51.2 Å². The second kappa shape index (κ2) is 17.1. The van der Waals surface area contributed by atoms with Crippen LogP contribution in [0.25, 0.3) is 33.4 Å². The Morgan fingerprint density at radius 2 is 0.710 bits per heavy atom. The molecular weight excluding hydrogens is 834 g/mol. The average Bonchev–Trinajstić information content (AvgIpc) is 3.38. The van der Waals surface area contributed by atoms with Gasteiger partial charge in [-0.15, -0.1) is 0 Å². The molecule has 0 saturated heterocycles. The molecule has 0 amide bonds. The zero-order valence-corrected chi connectivity index (χ0v) is 39.8. The zero-order valence-electron chi connectivity index (χ0n) is 39.8. The van der Waals surface area contributed by atoms with E-state index in [-0.39, 0.29) is 6.71 Å². The molecule has 10 aromatic carbocycles. The third-order valence-corrected chi connectivity index (χ3v) is 14.1. The Labute approximate surface area is 407 Å². The van der Waals surface area contributed by atoms with Gasteiger partial charge < -0.3 is 14.7 Å². The molecule has 0 aromatic heterocycles. The first kappa shape index (κ1) is 42.0. The molecule has 0 unspecified atom stereocenters. The quantitative estimate of drug-likeness (QED) is 0.141. The number of rotatable bonds is 8. The lowest BCUT2D eigenvalue weighted by Gasteiger charge is -2.45. The number of hydrogen-bond donors (Lipinski definition) is 0. The molecule has 330 valence electrons. The van der Waals surface area contributed by atoms with Crippen LogP contribution in [0.1, 0.15) is 27.8 Å². The van der Waals surface area contributed by atoms with Crippen LogP contribution in [0.2, 0.25) is 0 Å². The van der Waals surface area contributed by atoms with Crippen molar-refractivity contribution >= 4 is 74.3 Å².